The first kappa shape index (κ1) is 14.5. The lowest BCUT2D eigenvalue weighted by atomic mass is 10.0. The molecule has 0 saturated heterocycles. The average Bonchev–Trinajstić information content (AvgIpc) is 2.46. The minimum absolute atomic E-state index is 0.197. The van der Waals surface area contributed by atoms with Crippen LogP contribution in [0.5, 0.6) is 0 Å². The number of fused-ring (bicyclic) bond motifs is 1. The van der Waals surface area contributed by atoms with Gasteiger partial charge < -0.3 is 10.1 Å². The summed E-state index contributed by atoms with van der Waals surface area (Å²) in [4.78, 5) is 11.7. The number of hydrogen-bond acceptors (Lipinski definition) is 3. The second kappa shape index (κ2) is 6.53. The normalized spacial score (nSPS) is 12.6. The molecule has 0 radical (unpaired) electrons. The Kier molecular flexibility index (Phi) is 4.74. The van der Waals surface area contributed by atoms with Gasteiger partial charge in [-0.2, -0.15) is 0 Å². The van der Waals surface area contributed by atoms with Gasteiger partial charge >= 0.3 is 5.97 Å². The van der Waals surface area contributed by atoms with Crippen LogP contribution in [0.3, 0.4) is 0 Å². The topological polar surface area (TPSA) is 38.3 Å². The molecule has 0 amide bonds. The Balaban J connectivity index is 2.09. The zero-order valence-electron chi connectivity index (χ0n) is 12.2. The molecule has 0 aliphatic carbocycles. The molecule has 1 atom stereocenters. The van der Waals surface area contributed by atoms with Crippen LogP contribution in [-0.4, -0.2) is 19.1 Å². The van der Waals surface area contributed by atoms with Crippen molar-refractivity contribution in [2.24, 2.45) is 5.92 Å². The Labute approximate surface area is 119 Å². The van der Waals surface area contributed by atoms with E-state index < -0.39 is 0 Å². The first-order valence-electron chi connectivity index (χ1n) is 6.90. The van der Waals surface area contributed by atoms with Crippen LogP contribution in [-0.2, 0) is 16.1 Å². The average molecular weight is 271 g/mol. The van der Waals surface area contributed by atoms with Gasteiger partial charge in [0.2, 0.25) is 0 Å². The molecule has 0 unspecified atom stereocenters. The van der Waals surface area contributed by atoms with E-state index in [-0.39, 0.29) is 17.9 Å². The number of benzene rings is 2. The van der Waals surface area contributed by atoms with Crippen molar-refractivity contribution >= 4 is 16.7 Å². The molecule has 2 rings (SSSR count). The number of hydrogen-bond donors (Lipinski definition) is 1. The fourth-order valence-electron chi connectivity index (χ4n) is 2.29. The molecule has 3 nitrogen and oxygen atoms in total. The van der Waals surface area contributed by atoms with Crippen LogP contribution in [0, 0.1) is 5.92 Å². The molecule has 20 heavy (non-hydrogen) atoms. The van der Waals surface area contributed by atoms with Gasteiger partial charge in [0.05, 0.1) is 7.11 Å². The third-order valence-electron chi connectivity index (χ3n) is 3.46. The highest BCUT2D eigenvalue weighted by atomic mass is 16.5. The SMILES string of the molecule is COC(=O)[C@@H](NCc1ccc2ccccc2c1)C(C)C. The molecule has 0 aromatic heterocycles. The van der Waals surface area contributed by atoms with Crippen molar-refractivity contribution in [3.8, 4) is 0 Å². The first-order chi connectivity index (χ1) is 9.61. The molecule has 0 bridgehead atoms. The molecular formula is C17H21NO2. The van der Waals surface area contributed by atoms with E-state index in [1.54, 1.807) is 0 Å². The molecule has 0 aliphatic heterocycles. The zero-order valence-corrected chi connectivity index (χ0v) is 12.2. The summed E-state index contributed by atoms with van der Waals surface area (Å²) in [5, 5.41) is 5.72. The van der Waals surface area contributed by atoms with Crippen molar-refractivity contribution < 1.29 is 9.53 Å². The molecule has 0 heterocycles. The van der Waals surface area contributed by atoms with E-state index >= 15 is 0 Å². The van der Waals surface area contributed by atoms with E-state index in [0.29, 0.717) is 6.54 Å². The number of esters is 1. The second-order valence-corrected chi connectivity index (χ2v) is 5.31. The van der Waals surface area contributed by atoms with Gasteiger partial charge in [0.15, 0.2) is 0 Å². The number of rotatable bonds is 5. The van der Waals surface area contributed by atoms with Gasteiger partial charge in [0, 0.05) is 6.54 Å². The molecule has 106 valence electrons. The van der Waals surface area contributed by atoms with Gasteiger partial charge in [-0.1, -0.05) is 50.2 Å². The largest absolute Gasteiger partial charge is 0.468 e. The summed E-state index contributed by atoms with van der Waals surface area (Å²) in [6.45, 7) is 4.67. The molecular weight excluding hydrogens is 250 g/mol. The summed E-state index contributed by atoms with van der Waals surface area (Å²) >= 11 is 0. The number of ether oxygens (including phenoxy) is 1. The summed E-state index contributed by atoms with van der Waals surface area (Å²) in [5.74, 6) is -0.0105. The van der Waals surface area contributed by atoms with Crippen molar-refractivity contribution in [2.75, 3.05) is 7.11 Å². The molecule has 0 saturated carbocycles. The summed E-state index contributed by atoms with van der Waals surface area (Å²) in [6, 6.07) is 14.3. The van der Waals surface area contributed by atoms with Crippen molar-refractivity contribution in [1.82, 2.24) is 5.32 Å². The van der Waals surface area contributed by atoms with E-state index in [1.807, 2.05) is 26.0 Å². The summed E-state index contributed by atoms with van der Waals surface area (Å²) in [6.07, 6.45) is 0. The number of carbonyl (C=O) groups excluding carboxylic acids is 1. The predicted molar refractivity (Wildman–Crippen MR) is 81.4 cm³/mol. The van der Waals surface area contributed by atoms with Gasteiger partial charge in [-0.25, -0.2) is 0 Å². The Morgan fingerprint density at radius 1 is 1.15 bits per heavy atom. The minimum Gasteiger partial charge on any atom is -0.468 e. The second-order valence-electron chi connectivity index (χ2n) is 5.31. The molecule has 0 fully saturated rings. The van der Waals surface area contributed by atoms with Crippen molar-refractivity contribution in [1.29, 1.82) is 0 Å². The Morgan fingerprint density at radius 3 is 2.50 bits per heavy atom. The predicted octanol–water partition coefficient (Wildman–Crippen LogP) is 3.13. The maximum Gasteiger partial charge on any atom is 0.323 e. The van der Waals surface area contributed by atoms with E-state index in [1.165, 1.54) is 23.4 Å². The van der Waals surface area contributed by atoms with Gasteiger partial charge in [0.25, 0.3) is 0 Å². The number of methoxy groups -OCH3 is 1. The van der Waals surface area contributed by atoms with Crippen LogP contribution >= 0.6 is 0 Å². The van der Waals surface area contributed by atoms with Crippen LogP contribution in [0.15, 0.2) is 42.5 Å². The van der Waals surface area contributed by atoms with E-state index in [2.05, 4.69) is 35.6 Å². The lowest BCUT2D eigenvalue weighted by molar-refractivity contribution is -0.144. The van der Waals surface area contributed by atoms with Gasteiger partial charge in [0.1, 0.15) is 6.04 Å². The highest BCUT2D eigenvalue weighted by Gasteiger charge is 2.21. The van der Waals surface area contributed by atoms with E-state index in [9.17, 15) is 4.79 Å². The minimum atomic E-state index is -0.272. The van der Waals surface area contributed by atoms with Crippen LogP contribution in [0.4, 0.5) is 0 Å². The van der Waals surface area contributed by atoms with Crippen LogP contribution < -0.4 is 5.32 Å². The Morgan fingerprint density at radius 2 is 1.85 bits per heavy atom. The van der Waals surface area contributed by atoms with Gasteiger partial charge in [-0.05, 0) is 28.3 Å². The zero-order chi connectivity index (χ0) is 14.5. The molecule has 2 aromatic carbocycles. The highest BCUT2D eigenvalue weighted by molar-refractivity contribution is 5.83. The van der Waals surface area contributed by atoms with E-state index in [0.717, 1.165) is 0 Å². The van der Waals surface area contributed by atoms with Crippen LogP contribution in [0.2, 0.25) is 0 Å². The fraction of sp³-hybridized carbons (Fsp3) is 0.353. The fourth-order valence-corrected chi connectivity index (χ4v) is 2.29. The lowest BCUT2D eigenvalue weighted by Crippen LogP contribution is -2.41. The maximum atomic E-state index is 11.7. The smallest absolute Gasteiger partial charge is 0.323 e. The maximum absolute atomic E-state index is 11.7. The molecule has 2 aromatic rings. The number of carbonyl (C=O) groups is 1. The summed E-state index contributed by atoms with van der Waals surface area (Å²) < 4.78 is 4.83. The lowest BCUT2D eigenvalue weighted by Gasteiger charge is -2.20. The highest BCUT2D eigenvalue weighted by Crippen LogP contribution is 2.16. The third-order valence-corrected chi connectivity index (χ3v) is 3.46. The molecule has 0 aliphatic rings. The molecule has 1 N–H and O–H groups in total. The summed E-state index contributed by atoms with van der Waals surface area (Å²) in [5.41, 5.74) is 1.17. The van der Waals surface area contributed by atoms with Gasteiger partial charge in [-0.15, -0.1) is 0 Å². The Bertz CT molecular complexity index is 592. The van der Waals surface area contributed by atoms with Crippen LogP contribution in [0.25, 0.3) is 10.8 Å². The molecule has 0 spiro atoms. The first-order valence-corrected chi connectivity index (χ1v) is 6.90. The third kappa shape index (κ3) is 3.36. The monoisotopic (exact) mass is 271 g/mol. The summed E-state index contributed by atoms with van der Waals surface area (Å²) in [7, 11) is 1.43. The quantitative estimate of drug-likeness (QED) is 0.849. The molecule has 3 heteroatoms. The van der Waals surface area contributed by atoms with Crippen molar-refractivity contribution in [3.05, 3.63) is 48.0 Å². The number of nitrogens with one attached hydrogen (secondary N) is 1. The van der Waals surface area contributed by atoms with Crippen molar-refractivity contribution in [3.63, 3.8) is 0 Å². The van der Waals surface area contributed by atoms with Gasteiger partial charge in [-0.3, -0.25) is 4.79 Å². The van der Waals surface area contributed by atoms with Crippen LogP contribution in [0.1, 0.15) is 19.4 Å². The Hall–Kier alpha value is -1.87. The van der Waals surface area contributed by atoms with E-state index in [4.69, 9.17) is 4.74 Å². The standard InChI is InChI=1S/C17H21NO2/c1-12(2)16(17(19)20-3)18-11-13-8-9-14-6-4-5-7-15(14)10-13/h4-10,12,16,18H,11H2,1-3H3/t16-/m0/s1. The van der Waals surface area contributed by atoms with Crippen molar-refractivity contribution in [2.45, 2.75) is 26.4 Å².